The van der Waals surface area contributed by atoms with Crippen molar-refractivity contribution in [2.75, 3.05) is 14.2 Å². The lowest BCUT2D eigenvalue weighted by Gasteiger charge is -2.25. The highest BCUT2D eigenvalue weighted by molar-refractivity contribution is 5.78. The normalized spacial score (nSPS) is 13.6. The Bertz CT molecular complexity index is 293. The smallest absolute Gasteiger partial charge is 0.135 e. The van der Waals surface area contributed by atoms with E-state index in [-0.39, 0.29) is 59.9 Å². The van der Waals surface area contributed by atoms with E-state index in [2.05, 4.69) is 41.5 Å². The quantitative estimate of drug-likeness (QED) is 0.585. The number of carbonyl (C=O) groups excluding carboxylic acids is 1. The van der Waals surface area contributed by atoms with Crippen LogP contribution in [0.2, 0.25) is 0 Å². The van der Waals surface area contributed by atoms with Crippen LogP contribution < -0.4 is 0 Å². The van der Waals surface area contributed by atoms with Crippen molar-refractivity contribution >= 4 is 47.8 Å². The Hall–Kier alpha value is -0.0853. The summed E-state index contributed by atoms with van der Waals surface area (Å²) in [5.74, 6) is 1.95. The molecule has 4 unspecified atom stereocenters. The first kappa shape index (κ1) is 45.6. The summed E-state index contributed by atoms with van der Waals surface area (Å²) in [5.41, 5.74) is 0. The van der Waals surface area contributed by atoms with Crippen molar-refractivity contribution < 1.29 is 14.3 Å². The van der Waals surface area contributed by atoms with E-state index in [1.165, 1.54) is 12.8 Å². The van der Waals surface area contributed by atoms with Gasteiger partial charge in [0.15, 0.2) is 0 Å². The van der Waals surface area contributed by atoms with E-state index in [4.69, 9.17) is 9.47 Å². The first-order valence-electron chi connectivity index (χ1n) is 8.69. The molecule has 3 nitrogen and oxygen atoms in total. The number of Topliss-reactive ketones (excluding diaryl/α,β-unsaturated/α-hetero) is 1. The van der Waals surface area contributed by atoms with Gasteiger partial charge in [-0.1, -0.05) is 54.9 Å². The minimum absolute atomic E-state index is 0. The van der Waals surface area contributed by atoms with Gasteiger partial charge in [0.2, 0.25) is 0 Å². The molecule has 0 amide bonds. The van der Waals surface area contributed by atoms with Gasteiger partial charge < -0.3 is 9.47 Å². The van der Waals surface area contributed by atoms with Gasteiger partial charge in [-0.3, -0.25) is 4.79 Å². The van der Waals surface area contributed by atoms with Crippen LogP contribution in [0, 0.1) is 23.7 Å². The Morgan fingerprint density at radius 3 is 1.22 bits per heavy atom. The van der Waals surface area contributed by atoms with Crippen LogP contribution in [0.25, 0.3) is 0 Å². The van der Waals surface area contributed by atoms with Gasteiger partial charge in [-0.05, 0) is 31.1 Å². The van der Waals surface area contributed by atoms with Crippen molar-refractivity contribution in [2.24, 2.45) is 23.7 Å². The summed E-state index contributed by atoms with van der Waals surface area (Å²) in [4.78, 5) is 11.0. The Morgan fingerprint density at radius 1 is 0.741 bits per heavy atom. The topological polar surface area (TPSA) is 35.5 Å². The summed E-state index contributed by atoms with van der Waals surface area (Å²) in [7, 11) is 3.47. The maximum Gasteiger partial charge on any atom is 0.135 e. The minimum atomic E-state index is 0. The van der Waals surface area contributed by atoms with E-state index >= 15 is 0 Å². The molecule has 4 atom stereocenters. The number of ether oxygens (including phenoxy) is 2. The maximum atomic E-state index is 11.0. The van der Waals surface area contributed by atoms with Crippen LogP contribution in [-0.2, 0) is 14.3 Å². The van der Waals surface area contributed by atoms with Gasteiger partial charge >= 0.3 is 0 Å². The summed E-state index contributed by atoms with van der Waals surface area (Å²) >= 11 is 0. The van der Waals surface area contributed by atoms with Crippen molar-refractivity contribution in [1.29, 1.82) is 0 Å². The minimum Gasteiger partial charge on any atom is -0.381 e. The third-order valence-corrected chi connectivity index (χ3v) is 4.30. The fourth-order valence-corrected chi connectivity index (χ4v) is 3.07. The van der Waals surface area contributed by atoms with Gasteiger partial charge in [-0.15, -0.1) is 0 Å². The highest BCUT2D eigenvalue weighted by Crippen LogP contribution is 2.19. The predicted molar refractivity (Wildman–Crippen MR) is 124 cm³/mol. The summed E-state index contributed by atoms with van der Waals surface area (Å²) in [5, 5.41) is 0. The van der Waals surface area contributed by atoms with Crippen LogP contribution >= 0.6 is 0 Å². The summed E-state index contributed by atoms with van der Waals surface area (Å²) in [6.07, 6.45) is 3.03. The number of methoxy groups -OCH3 is 2. The molecule has 0 saturated heterocycles. The van der Waals surface area contributed by atoms with E-state index in [1.807, 2.05) is 14.0 Å². The second-order valence-electron chi connectivity index (χ2n) is 7.05. The third-order valence-electron chi connectivity index (χ3n) is 4.30. The zero-order valence-corrected chi connectivity index (χ0v) is 19.5. The lowest BCUT2D eigenvalue weighted by Crippen LogP contribution is -2.30. The molecule has 0 aromatic heterocycles. The molecule has 8 heteroatoms. The molecule has 27 heavy (non-hydrogen) atoms. The van der Waals surface area contributed by atoms with Gasteiger partial charge in [-0.2, -0.15) is 0 Å². The monoisotopic (exact) mass is 371 g/mol. The Kier molecular flexibility index (Phi) is 43.7. The zero-order valence-electron chi connectivity index (χ0n) is 19.5. The molecule has 0 spiro atoms. The van der Waals surface area contributed by atoms with Crippen LogP contribution in [0.15, 0.2) is 0 Å². The molecule has 0 rings (SSSR count). The van der Waals surface area contributed by atoms with Crippen molar-refractivity contribution in [3.8, 4) is 0 Å². The Morgan fingerprint density at radius 2 is 1.07 bits per heavy atom. The predicted octanol–water partition coefficient (Wildman–Crippen LogP) is 3.07. The SMILES string of the molecule is CCCC(C)C(OC)C(C)C.COC(C(C)C)C(C)C(C)=O.[B].[B].[B].[B].[B]. The third kappa shape index (κ3) is 20.5. The molecule has 0 aliphatic carbocycles. The number of carbonyl (C=O) groups is 1. The Labute approximate surface area is 180 Å². The number of hydrogen-bond acceptors (Lipinski definition) is 3. The molecule has 0 saturated carbocycles. The average molecular weight is 371 g/mol. The highest BCUT2D eigenvalue weighted by atomic mass is 16.5. The lowest BCUT2D eigenvalue weighted by atomic mass is 9.91. The number of hydrogen-bond donors (Lipinski definition) is 0. The second kappa shape index (κ2) is 25.9. The van der Waals surface area contributed by atoms with E-state index in [1.54, 1.807) is 14.0 Å². The molecule has 0 aliphatic rings. The first-order valence-corrected chi connectivity index (χ1v) is 8.69. The van der Waals surface area contributed by atoms with E-state index < -0.39 is 0 Å². The van der Waals surface area contributed by atoms with Crippen molar-refractivity contribution in [3.05, 3.63) is 0 Å². The van der Waals surface area contributed by atoms with Gasteiger partial charge in [-0.25, -0.2) is 0 Å². The van der Waals surface area contributed by atoms with Crippen LogP contribution in [0.4, 0.5) is 0 Å². The van der Waals surface area contributed by atoms with Crippen LogP contribution in [0.5, 0.6) is 0 Å². The molecule has 0 bridgehead atoms. The van der Waals surface area contributed by atoms with Crippen molar-refractivity contribution in [1.82, 2.24) is 0 Å². The standard InChI is InChI=1S/C10H22O.C9H18O2.5B/c1-6-7-9(4)10(11-5)8(2)3;1-6(2)9(11-5)7(3)8(4)10;;;;;/h8-10H,6-7H2,1-5H3;6-7,9H,1-5H3;;;;;. The average Bonchev–Trinajstić information content (AvgIpc) is 2.40. The van der Waals surface area contributed by atoms with E-state index in [0.717, 1.165) is 0 Å². The molecule has 0 N–H and O–H groups in total. The van der Waals surface area contributed by atoms with Crippen LogP contribution in [-0.4, -0.2) is 74.3 Å². The summed E-state index contributed by atoms with van der Waals surface area (Å²) < 4.78 is 10.6. The molecule has 0 fully saturated rings. The second-order valence-corrected chi connectivity index (χ2v) is 7.05. The molecule has 0 aromatic carbocycles. The van der Waals surface area contributed by atoms with Gasteiger partial charge in [0, 0.05) is 62.2 Å². The number of rotatable bonds is 9. The molecule has 0 aromatic rings. The van der Waals surface area contributed by atoms with E-state index in [0.29, 0.717) is 23.9 Å². The summed E-state index contributed by atoms with van der Waals surface area (Å²) in [6, 6.07) is 0. The van der Waals surface area contributed by atoms with E-state index in [9.17, 15) is 4.79 Å². The molecule has 0 heterocycles. The van der Waals surface area contributed by atoms with Crippen molar-refractivity contribution in [3.63, 3.8) is 0 Å². The fraction of sp³-hybridized carbons (Fsp3) is 0.947. The van der Waals surface area contributed by atoms with Crippen molar-refractivity contribution in [2.45, 2.75) is 80.4 Å². The first-order chi connectivity index (χ1) is 10.1. The van der Waals surface area contributed by atoms with Gasteiger partial charge in [0.05, 0.1) is 12.2 Å². The molecular weight excluding hydrogens is 330 g/mol. The van der Waals surface area contributed by atoms with Crippen LogP contribution in [0.3, 0.4) is 0 Å². The Balaban J connectivity index is -0.0000000500. The molecule has 149 valence electrons. The molecule has 0 aliphatic heterocycles. The zero-order chi connectivity index (χ0) is 17.9. The van der Waals surface area contributed by atoms with Gasteiger partial charge in [0.25, 0.3) is 0 Å². The summed E-state index contributed by atoms with van der Waals surface area (Å²) in [6.45, 7) is 16.6. The highest BCUT2D eigenvalue weighted by Gasteiger charge is 2.23. The molecule has 15 radical (unpaired) electrons. The number of ketones is 1. The lowest BCUT2D eigenvalue weighted by molar-refractivity contribution is -0.125. The molecular formula is C19H40B5O3. The fourth-order valence-electron chi connectivity index (χ4n) is 3.07. The maximum absolute atomic E-state index is 11.0. The van der Waals surface area contributed by atoms with Gasteiger partial charge in [0.1, 0.15) is 5.78 Å². The van der Waals surface area contributed by atoms with Crippen LogP contribution in [0.1, 0.15) is 68.2 Å². The largest absolute Gasteiger partial charge is 0.381 e.